The van der Waals surface area contributed by atoms with E-state index in [4.69, 9.17) is 4.98 Å². The molecule has 0 fully saturated rings. The molecule has 1 aromatic carbocycles. The van der Waals surface area contributed by atoms with Gasteiger partial charge in [0.25, 0.3) is 0 Å². The number of aryl methyl sites for hydroxylation is 2. The minimum absolute atomic E-state index is 0.983. The lowest BCUT2D eigenvalue weighted by atomic mass is 10.1. The zero-order valence-corrected chi connectivity index (χ0v) is 12.3. The summed E-state index contributed by atoms with van der Waals surface area (Å²) in [4.78, 5) is 9.42. The van der Waals surface area contributed by atoms with Crippen molar-refractivity contribution in [3.05, 3.63) is 40.8 Å². The molecule has 0 saturated heterocycles. The van der Waals surface area contributed by atoms with Crippen LogP contribution in [0.25, 0.3) is 31.1 Å². The van der Waals surface area contributed by atoms with Crippen LogP contribution in [0.2, 0.25) is 0 Å². The van der Waals surface area contributed by atoms with E-state index in [1.165, 1.54) is 25.4 Å². The third-order valence-electron chi connectivity index (χ3n) is 3.29. The predicted octanol–water partition coefficient (Wildman–Crippen LogP) is 5.12. The van der Waals surface area contributed by atoms with Crippen molar-refractivity contribution in [2.75, 3.05) is 0 Å². The van der Waals surface area contributed by atoms with Gasteiger partial charge in [-0.25, -0.2) is 4.98 Å². The Bertz CT molecular complexity index is 867. The van der Waals surface area contributed by atoms with Gasteiger partial charge in [-0.15, -0.1) is 22.7 Å². The lowest BCUT2D eigenvalue weighted by molar-refractivity contribution is 1.35. The lowest BCUT2D eigenvalue weighted by Crippen LogP contribution is -1.79. The standard InChI is InChI=1S/C15H12N2S2/c1-8-5-9(2)14-10(6-8)16-15(17-14)13-7-12-11(19-13)3-4-18-12/h3-7H,1-2H3,(H,16,17). The molecule has 0 unspecified atom stereocenters. The molecule has 3 heterocycles. The number of hydrogen-bond acceptors (Lipinski definition) is 3. The van der Waals surface area contributed by atoms with E-state index in [-0.39, 0.29) is 0 Å². The maximum absolute atomic E-state index is 4.76. The van der Waals surface area contributed by atoms with E-state index in [1.54, 1.807) is 22.7 Å². The first-order valence-corrected chi connectivity index (χ1v) is 7.85. The number of nitrogens with one attached hydrogen (secondary N) is 1. The van der Waals surface area contributed by atoms with Crippen molar-refractivity contribution in [2.45, 2.75) is 13.8 Å². The van der Waals surface area contributed by atoms with Crippen molar-refractivity contribution in [3.63, 3.8) is 0 Å². The summed E-state index contributed by atoms with van der Waals surface area (Å²) in [6.07, 6.45) is 0. The molecule has 0 atom stereocenters. The topological polar surface area (TPSA) is 28.7 Å². The molecule has 0 saturated carbocycles. The largest absolute Gasteiger partial charge is 0.337 e. The van der Waals surface area contributed by atoms with Crippen molar-refractivity contribution < 1.29 is 0 Å². The number of nitrogens with zero attached hydrogens (tertiary/aromatic N) is 1. The van der Waals surface area contributed by atoms with E-state index in [9.17, 15) is 0 Å². The van der Waals surface area contributed by atoms with Crippen LogP contribution in [0.1, 0.15) is 11.1 Å². The highest BCUT2D eigenvalue weighted by atomic mass is 32.1. The minimum atomic E-state index is 0.983. The molecule has 4 aromatic rings. The number of hydrogen-bond donors (Lipinski definition) is 1. The molecule has 4 rings (SSSR count). The Morgan fingerprint density at radius 2 is 2.00 bits per heavy atom. The van der Waals surface area contributed by atoms with Gasteiger partial charge in [-0.2, -0.15) is 0 Å². The third kappa shape index (κ3) is 1.71. The molecule has 0 spiro atoms. The van der Waals surface area contributed by atoms with Gasteiger partial charge in [-0.3, -0.25) is 0 Å². The number of fused-ring (bicyclic) bond motifs is 2. The zero-order valence-electron chi connectivity index (χ0n) is 10.7. The number of aromatic amines is 1. The molecular weight excluding hydrogens is 272 g/mol. The van der Waals surface area contributed by atoms with Crippen molar-refractivity contribution in [3.8, 4) is 10.7 Å². The molecule has 2 nitrogen and oxygen atoms in total. The number of imidazole rings is 1. The smallest absolute Gasteiger partial charge is 0.148 e. The normalized spacial score (nSPS) is 11.7. The maximum atomic E-state index is 4.76. The number of benzene rings is 1. The summed E-state index contributed by atoms with van der Waals surface area (Å²) in [7, 11) is 0. The number of rotatable bonds is 1. The molecule has 1 N–H and O–H groups in total. The van der Waals surface area contributed by atoms with Gasteiger partial charge < -0.3 is 4.98 Å². The molecule has 0 bridgehead atoms. The molecule has 19 heavy (non-hydrogen) atoms. The lowest BCUT2D eigenvalue weighted by Gasteiger charge is -1.96. The first-order chi connectivity index (χ1) is 9.20. The van der Waals surface area contributed by atoms with Crippen LogP contribution in [0.5, 0.6) is 0 Å². The average molecular weight is 284 g/mol. The fourth-order valence-electron chi connectivity index (χ4n) is 2.47. The second-order valence-corrected chi connectivity index (χ2v) is 6.85. The monoisotopic (exact) mass is 284 g/mol. The van der Waals surface area contributed by atoms with E-state index >= 15 is 0 Å². The van der Waals surface area contributed by atoms with E-state index in [0.717, 1.165) is 16.9 Å². The van der Waals surface area contributed by atoms with Gasteiger partial charge in [-0.05, 0) is 48.6 Å². The van der Waals surface area contributed by atoms with Crippen LogP contribution in [0.3, 0.4) is 0 Å². The molecule has 0 aliphatic heterocycles. The van der Waals surface area contributed by atoms with Gasteiger partial charge >= 0.3 is 0 Å². The van der Waals surface area contributed by atoms with Crippen LogP contribution in [0.15, 0.2) is 29.6 Å². The minimum Gasteiger partial charge on any atom is -0.337 e. The van der Waals surface area contributed by atoms with Crippen LogP contribution < -0.4 is 0 Å². The summed E-state index contributed by atoms with van der Waals surface area (Å²) < 4.78 is 2.68. The summed E-state index contributed by atoms with van der Waals surface area (Å²) >= 11 is 3.58. The Labute approximate surface area is 118 Å². The fourth-order valence-corrected chi connectivity index (χ4v) is 4.52. The van der Waals surface area contributed by atoms with Gasteiger partial charge in [0.1, 0.15) is 5.82 Å². The first-order valence-electron chi connectivity index (χ1n) is 6.15. The maximum Gasteiger partial charge on any atom is 0.148 e. The van der Waals surface area contributed by atoms with Crippen LogP contribution in [0.4, 0.5) is 0 Å². The summed E-state index contributed by atoms with van der Waals surface area (Å²) in [5.41, 5.74) is 4.71. The second-order valence-electron chi connectivity index (χ2n) is 4.82. The molecule has 3 aromatic heterocycles. The van der Waals surface area contributed by atoms with Crippen molar-refractivity contribution >= 4 is 43.1 Å². The Morgan fingerprint density at radius 3 is 2.84 bits per heavy atom. The summed E-state index contributed by atoms with van der Waals surface area (Å²) in [6.45, 7) is 4.24. The summed E-state index contributed by atoms with van der Waals surface area (Å²) in [5, 5.41) is 2.14. The van der Waals surface area contributed by atoms with Crippen LogP contribution in [0, 0.1) is 13.8 Å². The van der Waals surface area contributed by atoms with E-state index in [2.05, 4.69) is 48.5 Å². The fraction of sp³-hybridized carbons (Fsp3) is 0.133. The Hall–Kier alpha value is -1.65. The van der Waals surface area contributed by atoms with E-state index in [0.29, 0.717) is 0 Å². The van der Waals surface area contributed by atoms with Gasteiger partial charge in [0.05, 0.1) is 15.9 Å². The number of aromatic nitrogens is 2. The van der Waals surface area contributed by atoms with E-state index in [1.807, 2.05) is 0 Å². The average Bonchev–Trinajstić information content (AvgIpc) is 2.98. The van der Waals surface area contributed by atoms with Crippen molar-refractivity contribution in [2.24, 2.45) is 0 Å². The number of H-pyrrole nitrogens is 1. The highest BCUT2D eigenvalue weighted by molar-refractivity contribution is 7.28. The molecule has 0 amide bonds. The van der Waals surface area contributed by atoms with Crippen molar-refractivity contribution in [1.29, 1.82) is 0 Å². The Kier molecular flexibility index (Phi) is 2.31. The first kappa shape index (κ1) is 11.2. The zero-order chi connectivity index (χ0) is 13.0. The molecule has 94 valence electrons. The third-order valence-corrected chi connectivity index (χ3v) is 5.39. The second kappa shape index (κ2) is 3.92. The van der Waals surface area contributed by atoms with Crippen LogP contribution >= 0.6 is 22.7 Å². The summed E-state index contributed by atoms with van der Waals surface area (Å²) in [6, 6.07) is 8.74. The van der Waals surface area contributed by atoms with Crippen LogP contribution in [-0.4, -0.2) is 9.97 Å². The highest BCUT2D eigenvalue weighted by Crippen LogP contribution is 2.36. The van der Waals surface area contributed by atoms with Crippen molar-refractivity contribution in [1.82, 2.24) is 9.97 Å². The van der Waals surface area contributed by atoms with E-state index < -0.39 is 0 Å². The quantitative estimate of drug-likeness (QED) is 0.516. The molecule has 0 aliphatic rings. The van der Waals surface area contributed by atoms with Crippen LogP contribution in [-0.2, 0) is 0 Å². The summed E-state index contributed by atoms with van der Waals surface area (Å²) in [5.74, 6) is 0.983. The molecule has 4 heteroatoms. The van der Waals surface area contributed by atoms with Gasteiger partial charge in [0, 0.05) is 9.40 Å². The molecule has 0 radical (unpaired) electrons. The highest BCUT2D eigenvalue weighted by Gasteiger charge is 2.11. The molecule has 0 aliphatic carbocycles. The molecular formula is C15H12N2S2. The Balaban J connectivity index is 1.95. The SMILES string of the molecule is Cc1cc(C)c2nc(-c3cc4sccc4s3)[nH]c2c1. The van der Waals surface area contributed by atoms with Gasteiger partial charge in [0.15, 0.2) is 0 Å². The number of thiophene rings is 2. The van der Waals surface area contributed by atoms with Gasteiger partial charge in [-0.1, -0.05) is 6.07 Å². The van der Waals surface area contributed by atoms with Gasteiger partial charge in [0.2, 0.25) is 0 Å². The predicted molar refractivity (Wildman–Crippen MR) is 84.3 cm³/mol. The Morgan fingerprint density at radius 1 is 1.11 bits per heavy atom.